The lowest BCUT2D eigenvalue weighted by molar-refractivity contribution is -0.130. The summed E-state index contributed by atoms with van der Waals surface area (Å²) in [6.07, 6.45) is 1.46. The Morgan fingerprint density at radius 3 is 2.62 bits per heavy atom. The average molecular weight is 294 g/mol. The Hall–Kier alpha value is -1.49. The van der Waals surface area contributed by atoms with Crippen LogP contribution in [0.25, 0.3) is 0 Å². The maximum absolute atomic E-state index is 13.5. The van der Waals surface area contributed by atoms with Gasteiger partial charge < -0.3 is 4.90 Å². The number of hydrogen-bond acceptors (Lipinski definition) is 2. The molecule has 3 nitrogen and oxygen atoms in total. The molecule has 4 atom stereocenters. The highest BCUT2D eigenvalue weighted by Crippen LogP contribution is 2.40. The molecule has 4 unspecified atom stereocenters. The van der Waals surface area contributed by atoms with E-state index < -0.39 is 11.6 Å². The van der Waals surface area contributed by atoms with E-state index in [1.165, 1.54) is 6.07 Å². The van der Waals surface area contributed by atoms with E-state index in [1.54, 1.807) is 11.0 Å². The summed E-state index contributed by atoms with van der Waals surface area (Å²) in [5.74, 6) is -0.506. The Kier molecular flexibility index (Phi) is 3.69. The lowest BCUT2D eigenvalue weighted by atomic mass is 10.1. The zero-order valence-electron chi connectivity index (χ0n) is 12.3. The number of benzene rings is 1. The first-order chi connectivity index (χ1) is 10.0. The fraction of sp³-hybridized carbons (Fsp3) is 0.562. The number of nitrogens with one attached hydrogen (secondary N) is 1. The molecule has 1 aromatic rings. The molecule has 1 saturated carbocycles. The van der Waals surface area contributed by atoms with Gasteiger partial charge in [-0.15, -0.1) is 0 Å². The molecular weight excluding hydrogens is 274 g/mol. The highest BCUT2D eigenvalue weighted by atomic mass is 19.2. The Morgan fingerprint density at radius 1 is 1.33 bits per heavy atom. The third-order valence-corrected chi connectivity index (χ3v) is 4.63. The van der Waals surface area contributed by atoms with Crippen LogP contribution in [-0.4, -0.2) is 23.4 Å². The molecule has 1 aromatic carbocycles. The molecule has 114 valence electrons. The molecule has 1 N–H and O–H groups in total. The summed E-state index contributed by atoms with van der Waals surface area (Å²) in [6, 6.07) is 3.61. The minimum Gasteiger partial charge on any atom is -0.321 e. The van der Waals surface area contributed by atoms with Gasteiger partial charge in [0.15, 0.2) is 11.6 Å². The van der Waals surface area contributed by atoms with Gasteiger partial charge in [0, 0.05) is 6.54 Å². The quantitative estimate of drug-likeness (QED) is 0.926. The predicted molar refractivity (Wildman–Crippen MR) is 75.3 cm³/mol. The van der Waals surface area contributed by atoms with Crippen molar-refractivity contribution in [1.82, 2.24) is 10.2 Å². The molecule has 2 fully saturated rings. The van der Waals surface area contributed by atoms with Crippen molar-refractivity contribution in [3.05, 3.63) is 35.4 Å². The topological polar surface area (TPSA) is 32.3 Å². The van der Waals surface area contributed by atoms with Gasteiger partial charge in [-0.05, 0) is 42.4 Å². The van der Waals surface area contributed by atoms with Gasteiger partial charge in [-0.1, -0.05) is 19.9 Å². The van der Waals surface area contributed by atoms with Crippen LogP contribution in [0.3, 0.4) is 0 Å². The Morgan fingerprint density at radius 2 is 2.05 bits per heavy atom. The number of hydrogen-bond donors (Lipinski definition) is 1. The van der Waals surface area contributed by atoms with Gasteiger partial charge >= 0.3 is 0 Å². The maximum atomic E-state index is 13.5. The van der Waals surface area contributed by atoms with Crippen molar-refractivity contribution in [3.8, 4) is 0 Å². The molecule has 0 radical (unpaired) electrons. The first-order valence-electron chi connectivity index (χ1n) is 7.52. The summed E-state index contributed by atoms with van der Waals surface area (Å²) in [7, 11) is 0. The smallest absolute Gasteiger partial charge is 0.241 e. The van der Waals surface area contributed by atoms with Crippen LogP contribution in [0, 0.1) is 23.5 Å². The maximum Gasteiger partial charge on any atom is 0.241 e. The second-order valence-electron chi connectivity index (χ2n) is 6.17. The van der Waals surface area contributed by atoms with E-state index in [1.807, 2.05) is 6.92 Å². The first-order valence-corrected chi connectivity index (χ1v) is 7.52. The summed E-state index contributed by atoms with van der Waals surface area (Å²) < 4.78 is 26.6. The van der Waals surface area contributed by atoms with Crippen LogP contribution in [0.15, 0.2) is 18.2 Å². The molecule has 1 saturated heterocycles. The van der Waals surface area contributed by atoms with Crippen molar-refractivity contribution >= 4 is 5.91 Å². The fourth-order valence-electron chi connectivity index (χ4n) is 3.03. The van der Waals surface area contributed by atoms with Crippen molar-refractivity contribution in [2.24, 2.45) is 11.8 Å². The molecule has 21 heavy (non-hydrogen) atoms. The molecule has 0 aromatic heterocycles. The number of halogens is 2. The van der Waals surface area contributed by atoms with E-state index >= 15 is 0 Å². The molecule has 1 heterocycles. The van der Waals surface area contributed by atoms with Crippen LogP contribution in [0.2, 0.25) is 0 Å². The van der Waals surface area contributed by atoms with Crippen molar-refractivity contribution < 1.29 is 13.6 Å². The van der Waals surface area contributed by atoms with Gasteiger partial charge in [-0.2, -0.15) is 0 Å². The van der Waals surface area contributed by atoms with Crippen molar-refractivity contribution in [2.75, 3.05) is 6.54 Å². The molecule has 1 aliphatic heterocycles. The third kappa shape index (κ3) is 2.67. The SMILES string of the molecule is CCC1NC(c2ccc(F)c(F)c2)N(CC2CC2C)C1=O. The van der Waals surface area contributed by atoms with Gasteiger partial charge in [0.2, 0.25) is 5.91 Å². The zero-order valence-corrected chi connectivity index (χ0v) is 12.3. The molecule has 1 aliphatic carbocycles. The zero-order chi connectivity index (χ0) is 15.1. The van der Waals surface area contributed by atoms with Crippen LogP contribution in [0.1, 0.15) is 38.4 Å². The van der Waals surface area contributed by atoms with E-state index in [9.17, 15) is 13.6 Å². The molecule has 0 spiro atoms. The number of carbonyl (C=O) groups excluding carboxylic acids is 1. The molecule has 1 amide bonds. The Bertz CT molecular complexity index is 563. The summed E-state index contributed by atoms with van der Waals surface area (Å²) in [5, 5.41) is 3.24. The standard InChI is InChI=1S/C16H20F2N2O/c1-3-14-16(21)20(8-11-6-9(11)2)15(19-14)10-4-5-12(17)13(18)7-10/h4-5,7,9,11,14-15,19H,3,6,8H2,1-2H3. The number of nitrogens with zero attached hydrogens (tertiary/aromatic N) is 1. The third-order valence-electron chi connectivity index (χ3n) is 4.63. The van der Waals surface area contributed by atoms with Crippen LogP contribution in [0.5, 0.6) is 0 Å². The largest absolute Gasteiger partial charge is 0.321 e. The fourth-order valence-corrected chi connectivity index (χ4v) is 3.03. The lowest BCUT2D eigenvalue weighted by Crippen LogP contribution is -2.33. The average Bonchev–Trinajstić information content (AvgIpc) is 3.06. The molecule has 2 aliphatic rings. The molecule has 5 heteroatoms. The number of carbonyl (C=O) groups is 1. The number of rotatable bonds is 4. The second kappa shape index (κ2) is 5.37. The van der Waals surface area contributed by atoms with Crippen molar-refractivity contribution in [2.45, 2.75) is 38.9 Å². The Balaban J connectivity index is 1.86. The van der Waals surface area contributed by atoms with Crippen LogP contribution in [-0.2, 0) is 4.79 Å². The van der Waals surface area contributed by atoms with Gasteiger partial charge in [-0.25, -0.2) is 8.78 Å². The normalized spacial score (nSPS) is 31.8. The van der Waals surface area contributed by atoms with Crippen LogP contribution < -0.4 is 5.32 Å². The minimum absolute atomic E-state index is 0.0614. The first kappa shape index (κ1) is 14.4. The van der Waals surface area contributed by atoms with Gasteiger partial charge in [-0.3, -0.25) is 10.1 Å². The Labute approximate surface area is 123 Å². The van der Waals surface area contributed by atoms with Gasteiger partial charge in [0.25, 0.3) is 0 Å². The summed E-state index contributed by atoms with van der Waals surface area (Å²) in [6.45, 7) is 4.80. The van der Waals surface area contributed by atoms with E-state index in [2.05, 4.69) is 12.2 Å². The summed E-state index contributed by atoms with van der Waals surface area (Å²) in [5.41, 5.74) is 0.603. The molecule has 0 bridgehead atoms. The van der Waals surface area contributed by atoms with Crippen LogP contribution in [0.4, 0.5) is 8.78 Å². The highest BCUT2D eigenvalue weighted by Gasteiger charge is 2.43. The van der Waals surface area contributed by atoms with Crippen LogP contribution >= 0.6 is 0 Å². The van der Waals surface area contributed by atoms with E-state index in [4.69, 9.17) is 0 Å². The predicted octanol–water partition coefficient (Wildman–Crippen LogP) is 2.83. The number of amides is 1. The summed E-state index contributed by atoms with van der Waals surface area (Å²) >= 11 is 0. The lowest BCUT2D eigenvalue weighted by Gasteiger charge is -2.24. The van der Waals surface area contributed by atoms with E-state index in [0.29, 0.717) is 30.4 Å². The minimum atomic E-state index is -0.874. The second-order valence-corrected chi connectivity index (χ2v) is 6.17. The monoisotopic (exact) mass is 294 g/mol. The molecule has 3 rings (SSSR count). The highest BCUT2D eigenvalue weighted by molar-refractivity contribution is 5.84. The van der Waals surface area contributed by atoms with E-state index in [0.717, 1.165) is 12.5 Å². The summed E-state index contributed by atoms with van der Waals surface area (Å²) in [4.78, 5) is 14.2. The van der Waals surface area contributed by atoms with Gasteiger partial charge in [0.05, 0.1) is 6.04 Å². The van der Waals surface area contributed by atoms with Gasteiger partial charge in [0.1, 0.15) is 6.17 Å². The van der Waals surface area contributed by atoms with Crippen molar-refractivity contribution in [1.29, 1.82) is 0 Å². The van der Waals surface area contributed by atoms with E-state index in [-0.39, 0.29) is 18.1 Å². The molecular formula is C16H20F2N2O. The van der Waals surface area contributed by atoms with Crippen molar-refractivity contribution in [3.63, 3.8) is 0 Å².